The summed E-state index contributed by atoms with van der Waals surface area (Å²) in [6, 6.07) is 7.34. The minimum Gasteiger partial charge on any atom is -0.504 e. The zero-order chi connectivity index (χ0) is 16.4. The highest BCUT2D eigenvalue weighted by atomic mass is 19.1. The lowest BCUT2D eigenvalue weighted by Gasteiger charge is -2.18. The topological polar surface area (TPSA) is 75.6 Å². The Balaban J connectivity index is 1.84. The van der Waals surface area contributed by atoms with Crippen LogP contribution in [0.25, 0.3) is 0 Å². The Morgan fingerprint density at radius 2 is 2.13 bits per heavy atom. The van der Waals surface area contributed by atoms with Crippen LogP contribution in [0.2, 0.25) is 0 Å². The normalized spacial score (nSPS) is 12.9. The molecule has 2 N–H and O–H groups in total. The van der Waals surface area contributed by atoms with Crippen molar-refractivity contribution in [1.29, 1.82) is 0 Å². The summed E-state index contributed by atoms with van der Waals surface area (Å²) >= 11 is 0. The van der Waals surface area contributed by atoms with E-state index in [1.807, 2.05) is 6.07 Å². The molecule has 1 heterocycles. The largest absolute Gasteiger partial charge is 0.504 e. The lowest BCUT2D eigenvalue weighted by atomic mass is 10.1. The number of nitrogens with one attached hydrogen (secondary N) is 1. The number of amides is 1. The molecule has 3 rings (SSSR count). The van der Waals surface area contributed by atoms with Gasteiger partial charge in [0.1, 0.15) is 5.75 Å². The van der Waals surface area contributed by atoms with Crippen LogP contribution in [0.15, 0.2) is 30.3 Å². The second kappa shape index (κ2) is 6.08. The Labute approximate surface area is 131 Å². The highest BCUT2D eigenvalue weighted by Gasteiger charge is 2.16. The second-order valence-corrected chi connectivity index (χ2v) is 5.24. The summed E-state index contributed by atoms with van der Waals surface area (Å²) in [6.45, 7) is 0.635. The van der Waals surface area contributed by atoms with Gasteiger partial charge in [0.15, 0.2) is 17.9 Å². The molecule has 0 atom stereocenters. The zero-order valence-electron chi connectivity index (χ0n) is 12.1. The number of rotatable bonds is 3. The van der Waals surface area contributed by atoms with E-state index >= 15 is 0 Å². The van der Waals surface area contributed by atoms with Gasteiger partial charge in [-0.3, -0.25) is 9.59 Å². The predicted octanol–water partition coefficient (Wildman–Crippen LogP) is 2.92. The summed E-state index contributed by atoms with van der Waals surface area (Å²) in [7, 11) is 0. The summed E-state index contributed by atoms with van der Waals surface area (Å²) in [4.78, 5) is 23.0. The molecule has 5 nitrogen and oxygen atoms in total. The quantitative estimate of drug-likeness (QED) is 0.854. The molecule has 1 aliphatic heterocycles. The number of anilines is 1. The average molecular weight is 315 g/mol. The minimum absolute atomic E-state index is 0.0546. The first kappa shape index (κ1) is 15.0. The van der Waals surface area contributed by atoms with E-state index in [1.165, 1.54) is 0 Å². The molecule has 0 radical (unpaired) electrons. The van der Waals surface area contributed by atoms with Crippen molar-refractivity contribution in [3.63, 3.8) is 0 Å². The lowest BCUT2D eigenvalue weighted by molar-refractivity contribution is 0.102. The van der Waals surface area contributed by atoms with Crippen molar-refractivity contribution in [2.75, 3.05) is 11.9 Å². The SMILES string of the molecule is O=Cc1cc(C(=O)Nc2ccc3c(c2)OCCC3)cc(F)c1O. The number of aromatic hydroxyl groups is 1. The number of hydrogen-bond donors (Lipinski definition) is 2. The smallest absolute Gasteiger partial charge is 0.255 e. The van der Waals surface area contributed by atoms with Gasteiger partial charge in [0.05, 0.1) is 12.2 Å². The molecule has 0 spiro atoms. The molecular weight excluding hydrogens is 301 g/mol. The van der Waals surface area contributed by atoms with Gasteiger partial charge in [0.25, 0.3) is 5.91 Å². The highest BCUT2D eigenvalue weighted by molar-refractivity contribution is 6.05. The van der Waals surface area contributed by atoms with E-state index in [0.29, 0.717) is 18.6 Å². The van der Waals surface area contributed by atoms with Crippen molar-refractivity contribution in [1.82, 2.24) is 0 Å². The van der Waals surface area contributed by atoms with Gasteiger partial charge in [0.2, 0.25) is 0 Å². The van der Waals surface area contributed by atoms with Crippen LogP contribution in [0.3, 0.4) is 0 Å². The number of hydrogen-bond acceptors (Lipinski definition) is 4. The Hall–Kier alpha value is -2.89. The Morgan fingerprint density at radius 1 is 1.30 bits per heavy atom. The molecular formula is C17H14FNO4. The third kappa shape index (κ3) is 3.01. The molecule has 23 heavy (non-hydrogen) atoms. The van der Waals surface area contributed by atoms with Crippen molar-refractivity contribution in [2.24, 2.45) is 0 Å². The standard InChI is InChI=1S/C17H14FNO4/c18-14-7-11(6-12(9-20)16(14)21)17(22)19-13-4-3-10-2-1-5-23-15(10)8-13/h3-4,6-9,21H,1-2,5H2,(H,19,22). The number of halogens is 1. The number of carbonyl (C=O) groups is 2. The van der Waals surface area contributed by atoms with Crippen LogP contribution in [0.1, 0.15) is 32.7 Å². The molecule has 0 unspecified atom stereocenters. The number of aldehydes is 1. The molecule has 0 saturated heterocycles. The van der Waals surface area contributed by atoms with Gasteiger partial charge in [-0.05, 0) is 36.6 Å². The van der Waals surface area contributed by atoms with Crippen molar-refractivity contribution < 1.29 is 23.8 Å². The maximum absolute atomic E-state index is 13.5. The second-order valence-electron chi connectivity index (χ2n) is 5.24. The van der Waals surface area contributed by atoms with E-state index in [1.54, 1.807) is 12.1 Å². The molecule has 2 aromatic carbocycles. The first-order chi connectivity index (χ1) is 11.1. The van der Waals surface area contributed by atoms with Crippen LogP contribution < -0.4 is 10.1 Å². The van der Waals surface area contributed by atoms with Gasteiger partial charge in [-0.15, -0.1) is 0 Å². The maximum Gasteiger partial charge on any atom is 0.255 e. The van der Waals surface area contributed by atoms with Gasteiger partial charge >= 0.3 is 0 Å². The monoisotopic (exact) mass is 315 g/mol. The van der Waals surface area contributed by atoms with E-state index in [9.17, 15) is 19.1 Å². The number of aryl methyl sites for hydroxylation is 1. The molecule has 0 saturated carbocycles. The van der Waals surface area contributed by atoms with Crippen molar-refractivity contribution in [2.45, 2.75) is 12.8 Å². The fourth-order valence-corrected chi connectivity index (χ4v) is 2.46. The number of ether oxygens (including phenoxy) is 1. The summed E-state index contributed by atoms with van der Waals surface area (Å²) in [5.41, 5.74) is 1.26. The van der Waals surface area contributed by atoms with Gasteiger partial charge in [-0.25, -0.2) is 4.39 Å². The van der Waals surface area contributed by atoms with Crippen LogP contribution in [-0.4, -0.2) is 23.9 Å². The van der Waals surface area contributed by atoms with Crippen molar-refractivity contribution in [3.05, 3.63) is 52.8 Å². The fourth-order valence-electron chi connectivity index (χ4n) is 2.46. The van der Waals surface area contributed by atoms with Crippen molar-refractivity contribution >= 4 is 17.9 Å². The minimum atomic E-state index is -1.02. The maximum atomic E-state index is 13.5. The molecule has 1 aliphatic rings. The number of carbonyl (C=O) groups excluding carboxylic acids is 2. The first-order valence-electron chi connectivity index (χ1n) is 7.13. The van der Waals surface area contributed by atoms with Gasteiger partial charge in [0, 0.05) is 17.3 Å². The van der Waals surface area contributed by atoms with Gasteiger partial charge in [-0.1, -0.05) is 6.07 Å². The predicted molar refractivity (Wildman–Crippen MR) is 81.7 cm³/mol. The van der Waals surface area contributed by atoms with Crippen molar-refractivity contribution in [3.8, 4) is 11.5 Å². The van der Waals surface area contributed by atoms with Crippen LogP contribution in [0, 0.1) is 5.82 Å². The van der Waals surface area contributed by atoms with E-state index in [4.69, 9.17) is 4.74 Å². The number of fused-ring (bicyclic) bond motifs is 1. The number of phenols is 1. The van der Waals surface area contributed by atoms with Crippen LogP contribution in [0.5, 0.6) is 11.5 Å². The highest BCUT2D eigenvalue weighted by Crippen LogP contribution is 2.28. The molecule has 0 aliphatic carbocycles. The molecule has 0 fully saturated rings. The summed E-state index contributed by atoms with van der Waals surface area (Å²) in [6.07, 6.45) is 2.18. The van der Waals surface area contributed by atoms with Crippen LogP contribution in [0.4, 0.5) is 10.1 Å². The fraction of sp³-hybridized carbons (Fsp3) is 0.176. The average Bonchev–Trinajstić information content (AvgIpc) is 2.57. The summed E-state index contributed by atoms with van der Waals surface area (Å²) in [5.74, 6) is -1.64. The van der Waals surface area contributed by atoms with E-state index in [2.05, 4.69) is 5.32 Å². The molecule has 1 amide bonds. The van der Waals surface area contributed by atoms with Crippen LogP contribution in [-0.2, 0) is 6.42 Å². The van der Waals surface area contributed by atoms with E-state index < -0.39 is 17.5 Å². The van der Waals surface area contributed by atoms with E-state index in [0.717, 1.165) is 36.3 Å². The lowest BCUT2D eigenvalue weighted by Crippen LogP contribution is -2.14. The zero-order valence-corrected chi connectivity index (χ0v) is 12.1. The third-order valence-corrected chi connectivity index (χ3v) is 3.66. The molecule has 6 heteroatoms. The molecule has 2 aromatic rings. The summed E-state index contributed by atoms with van der Waals surface area (Å²) < 4.78 is 19.1. The Bertz CT molecular complexity index is 788. The third-order valence-electron chi connectivity index (χ3n) is 3.66. The van der Waals surface area contributed by atoms with Gasteiger partial charge in [-0.2, -0.15) is 0 Å². The Morgan fingerprint density at radius 3 is 2.91 bits per heavy atom. The van der Waals surface area contributed by atoms with Crippen LogP contribution >= 0.6 is 0 Å². The summed E-state index contributed by atoms with van der Waals surface area (Å²) in [5, 5.41) is 12.0. The Kier molecular flexibility index (Phi) is 3.97. The molecule has 0 bridgehead atoms. The van der Waals surface area contributed by atoms with Gasteiger partial charge < -0.3 is 15.2 Å². The molecule has 0 aromatic heterocycles. The number of benzene rings is 2. The first-order valence-corrected chi connectivity index (χ1v) is 7.13. The van der Waals surface area contributed by atoms with E-state index in [-0.39, 0.29) is 11.1 Å². The molecule has 118 valence electrons. The number of phenolic OH excluding ortho intramolecular Hbond substituents is 1.